The molecule has 10 heteroatoms. The number of nitrogens with zero attached hydrogens (tertiary/aromatic N) is 3. The lowest BCUT2D eigenvalue weighted by Crippen LogP contribution is -2.50. The van der Waals surface area contributed by atoms with Crippen molar-refractivity contribution in [2.75, 3.05) is 4.90 Å². The number of halogens is 3. The molecule has 2 aromatic rings. The van der Waals surface area contributed by atoms with Crippen LogP contribution >= 0.6 is 0 Å². The number of nitro benzene ring substituents is 1. The number of amides is 1. The van der Waals surface area contributed by atoms with Gasteiger partial charge in [0, 0.05) is 24.3 Å². The number of non-ortho nitro benzene ring substituents is 1. The van der Waals surface area contributed by atoms with Crippen molar-refractivity contribution in [2.24, 2.45) is 16.3 Å². The Morgan fingerprint density at radius 3 is 2.52 bits per heavy atom. The van der Waals surface area contributed by atoms with Crippen LogP contribution < -0.4 is 4.90 Å². The number of rotatable bonds is 2. The summed E-state index contributed by atoms with van der Waals surface area (Å²) in [6.45, 7) is 3.73. The minimum atomic E-state index is -5.24. The molecule has 7 nitrogen and oxygen atoms in total. The van der Waals surface area contributed by atoms with Gasteiger partial charge in [-0.2, -0.15) is 13.2 Å². The number of nitro groups is 1. The molecule has 1 heterocycles. The van der Waals surface area contributed by atoms with Gasteiger partial charge < -0.3 is 0 Å². The van der Waals surface area contributed by atoms with Crippen molar-refractivity contribution in [1.29, 1.82) is 0 Å². The van der Waals surface area contributed by atoms with Gasteiger partial charge in [0.2, 0.25) is 0 Å². The van der Waals surface area contributed by atoms with E-state index < -0.39 is 34.4 Å². The van der Waals surface area contributed by atoms with Crippen molar-refractivity contribution in [1.82, 2.24) is 0 Å². The summed E-state index contributed by atoms with van der Waals surface area (Å²) in [6.07, 6.45) is -4.84. The van der Waals surface area contributed by atoms with Crippen molar-refractivity contribution < 1.29 is 27.7 Å². The second-order valence-electron chi connectivity index (χ2n) is 9.02. The van der Waals surface area contributed by atoms with E-state index in [1.165, 1.54) is 36.4 Å². The topological polar surface area (TPSA) is 92.9 Å². The van der Waals surface area contributed by atoms with Crippen LogP contribution in [0.2, 0.25) is 0 Å². The number of ketones is 1. The van der Waals surface area contributed by atoms with E-state index in [-0.39, 0.29) is 34.8 Å². The van der Waals surface area contributed by atoms with E-state index in [2.05, 4.69) is 4.99 Å². The van der Waals surface area contributed by atoms with E-state index in [0.29, 0.717) is 17.0 Å². The lowest BCUT2D eigenvalue weighted by molar-refractivity contribution is -0.384. The van der Waals surface area contributed by atoms with Crippen molar-refractivity contribution >= 4 is 34.5 Å². The van der Waals surface area contributed by atoms with Gasteiger partial charge in [-0.05, 0) is 29.5 Å². The van der Waals surface area contributed by atoms with Gasteiger partial charge in [-0.1, -0.05) is 38.1 Å². The number of benzene rings is 2. The SMILES string of the molecule is CC1(C)CC(=O)C2C(=Nc3ccccc3N(C(=O)C(F)(F)F)C2c2cccc([N+](=O)[O-])c2)C1. The molecule has 1 amide bonds. The molecule has 0 saturated heterocycles. The Kier molecular flexibility index (Phi) is 5.34. The van der Waals surface area contributed by atoms with Crippen LogP contribution in [-0.4, -0.2) is 28.5 Å². The van der Waals surface area contributed by atoms with Crippen LogP contribution in [0.5, 0.6) is 0 Å². The predicted molar refractivity (Wildman–Crippen MR) is 114 cm³/mol. The number of aliphatic imine (C=N–C) groups is 1. The third-order valence-corrected chi connectivity index (χ3v) is 5.90. The molecular weight excluding hydrogens is 439 g/mol. The maximum atomic E-state index is 13.8. The van der Waals surface area contributed by atoms with E-state index in [1.807, 2.05) is 13.8 Å². The fraction of sp³-hybridized carbons (Fsp3) is 0.348. The number of hydrogen-bond donors (Lipinski definition) is 0. The largest absolute Gasteiger partial charge is 0.471 e. The minimum Gasteiger partial charge on any atom is -0.299 e. The molecule has 4 rings (SSSR count). The van der Waals surface area contributed by atoms with Crippen LogP contribution in [0.4, 0.5) is 30.2 Å². The summed E-state index contributed by atoms with van der Waals surface area (Å²) in [7, 11) is 0. The van der Waals surface area contributed by atoms with Gasteiger partial charge in [0.25, 0.3) is 5.69 Å². The zero-order chi connectivity index (χ0) is 24.1. The van der Waals surface area contributed by atoms with Crippen LogP contribution in [0.1, 0.15) is 38.3 Å². The maximum absolute atomic E-state index is 13.8. The second-order valence-corrected chi connectivity index (χ2v) is 9.02. The van der Waals surface area contributed by atoms with E-state index in [4.69, 9.17) is 0 Å². The van der Waals surface area contributed by atoms with Gasteiger partial charge >= 0.3 is 12.1 Å². The van der Waals surface area contributed by atoms with E-state index in [9.17, 15) is 32.9 Å². The summed E-state index contributed by atoms with van der Waals surface area (Å²) in [6, 6.07) is 9.47. The van der Waals surface area contributed by atoms with Crippen LogP contribution in [-0.2, 0) is 9.59 Å². The first kappa shape index (κ1) is 22.6. The summed E-state index contributed by atoms with van der Waals surface area (Å²) in [5.41, 5.74) is -0.386. The molecule has 0 radical (unpaired) electrons. The zero-order valence-corrected chi connectivity index (χ0v) is 17.8. The molecule has 1 aliphatic carbocycles. The molecule has 172 valence electrons. The highest BCUT2D eigenvalue weighted by Crippen LogP contribution is 2.49. The number of carbonyl (C=O) groups is 2. The molecule has 1 saturated carbocycles. The molecule has 0 bridgehead atoms. The maximum Gasteiger partial charge on any atom is 0.471 e. The number of fused-ring (bicyclic) bond motifs is 2. The first-order chi connectivity index (χ1) is 15.4. The van der Waals surface area contributed by atoms with Gasteiger partial charge in [-0.15, -0.1) is 0 Å². The highest BCUT2D eigenvalue weighted by molar-refractivity contribution is 6.13. The summed E-state index contributed by atoms with van der Waals surface area (Å²) >= 11 is 0. The first-order valence-corrected chi connectivity index (χ1v) is 10.2. The Morgan fingerprint density at radius 1 is 1.15 bits per heavy atom. The summed E-state index contributed by atoms with van der Waals surface area (Å²) in [4.78, 5) is 41.9. The molecular formula is C23H20F3N3O4. The van der Waals surface area contributed by atoms with Crippen molar-refractivity contribution in [2.45, 2.75) is 38.9 Å². The van der Waals surface area contributed by atoms with E-state index in [0.717, 1.165) is 6.07 Å². The Labute approximate surface area is 187 Å². The number of carbonyl (C=O) groups excluding carboxylic acids is 2. The number of alkyl halides is 3. The molecule has 2 unspecified atom stereocenters. The monoisotopic (exact) mass is 459 g/mol. The highest BCUT2D eigenvalue weighted by atomic mass is 19.4. The van der Waals surface area contributed by atoms with E-state index in [1.54, 1.807) is 6.07 Å². The number of anilines is 1. The third-order valence-electron chi connectivity index (χ3n) is 5.90. The van der Waals surface area contributed by atoms with Gasteiger partial charge in [0.1, 0.15) is 5.78 Å². The van der Waals surface area contributed by atoms with Crippen molar-refractivity contribution in [3.63, 3.8) is 0 Å². The Bertz CT molecular complexity index is 1190. The summed E-state index contributed by atoms with van der Waals surface area (Å²) in [5, 5.41) is 11.4. The number of hydrogen-bond acceptors (Lipinski definition) is 5. The number of Topliss-reactive ketones (excluding diaryl/α,β-unsaturated/α-hetero) is 1. The van der Waals surface area contributed by atoms with Crippen molar-refractivity contribution in [3.8, 4) is 0 Å². The standard InChI is InChI=1S/C23H20F3N3O4/c1-22(2)11-16-19(18(30)12-22)20(13-6-5-7-14(10-13)29(32)33)28(21(31)23(24,25)26)17-9-4-3-8-15(17)27-16/h3-10,19-20H,11-12H2,1-2H3. The lowest BCUT2D eigenvalue weighted by Gasteiger charge is -2.41. The third kappa shape index (κ3) is 4.12. The average Bonchev–Trinajstić information content (AvgIpc) is 2.85. The number of para-hydroxylation sites is 2. The zero-order valence-electron chi connectivity index (χ0n) is 17.8. The molecule has 0 spiro atoms. The molecule has 2 aliphatic rings. The Balaban J connectivity index is 2.03. The molecule has 0 N–H and O–H groups in total. The van der Waals surface area contributed by atoms with Crippen molar-refractivity contribution in [3.05, 3.63) is 64.2 Å². The molecule has 1 fully saturated rings. The molecule has 33 heavy (non-hydrogen) atoms. The van der Waals surface area contributed by atoms with Gasteiger partial charge in [-0.25, -0.2) is 0 Å². The Morgan fingerprint density at radius 2 is 1.85 bits per heavy atom. The first-order valence-electron chi connectivity index (χ1n) is 10.2. The second kappa shape index (κ2) is 7.79. The lowest BCUT2D eigenvalue weighted by atomic mass is 9.68. The highest BCUT2D eigenvalue weighted by Gasteiger charge is 2.53. The normalized spacial score (nSPS) is 22.0. The predicted octanol–water partition coefficient (Wildman–Crippen LogP) is 5.32. The van der Waals surface area contributed by atoms with Gasteiger partial charge in [0.05, 0.1) is 28.3 Å². The fourth-order valence-corrected chi connectivity index (χ4v) is 4.65. The molecule has 2 atom stereocenters. The van der Waals surface area contributed by atoms with E-state index >= 15 is 0 Å². The minimum absolute atomic E-state index is 0.0595. The quantitative estimate of drug-likeness (QED) is 0.449. The van der Waals surface area contributed by atoms with Gasteiger partial charge in [-0.3, -0.25) is 29.6 Å². The summed E-state index contributed by atoms with van der Waals surface area (Å²) in [5.74, 6) is -3.70. The summed E-state index contributed by atoms with van der Waals surface area (Å²) < 4.78 is 41.3. The van der Waals surface area contributed by atoms with Gasteiger partial charge in [0.15, 0.2) is 0 Å². The smallest absolute Gasteiger partial charge is 0.299 e. The van der Waals surface area contributed by atoms with Crippen LogP contribution in [0.25, 0.3) is 0 Å². The van der Waals surface area contributed by atoms with Crippen LogP contribution in [0, 0.1) is 21.4 Å². The molecule has 1 aliphatic heterocycles. The molecule has 0 aromatic heterocycles. The van der Waals surface area contributed by atoms with Crippen LogP contribution in [0.15, 0.2) is 53.5 Å². The molecule has 2 aromatic carbocycles. The average molecular weight is 459 g/mol. The fourth-order valence-electron chi connectivity index (χ4n) is 4.65. The Hall–Kier alpha value is -3.56. The van der Waals surface area contributed by atoms with Crippen LogP contribution in [0.3, 0.4) is 0 Å².